The van der Waals surface area contributed by atoms with Crippen LogP contribution in [0.15, 0.2) is 24.3 Å². The summed E-state index contributed by atoms with van der Waals surface area (Å²) >= 11 is 4.91. The number of hydrogen-bond donors (Lipinski definition) is 1. The van der Waals surface area contributed by atoms with Crippen LogP contribution in [0.5, 0.6) is 0 Å². The maximum Gasteiger partial charge on any atom is 0.410 e. The van der Waals surface area contributed by atoms with Crippen LogP contribution in [0.2, 0.25) is 0 Å². The summed E-state index contributed by atoms with van der Waals surface area (Å²) < 4.78 is 9.36. The highest BCUT2D eigenvalue weighted by Crippen LogP contribution is 2.13. The standard InChI is InChI=1S/C18H25ClN2O5/c1-5-21(17(24)25-18(2,3)4)12-13-6-8-14(9-7-13)16(23)20-11-10-15(22)26-19/h6-9H,5,10-12H2,1-4H3,(H,20,23). The fraction of sp³-hybridized carbons (Fsp3) is 0.500. The number of rotatable bonds is 7. The maximum atomic E-state index is 12.2. The summed E-state index contributed by atoms with van der Waals surface area (Å²) in [6.45, 7) is 8.35. The lowest BCUT2D eigenvalue weighted by Gasteiger charge is -2.26. The fourth-order valence-electron chi connectivity index (χ4n) is 2.03. The SMILES string of the molecule is CCN(Cc1ccc(C(=O)NCCC(=O)OCl)cc1)C(=O)OC(C)(C)C. The third kappa shape index (κ3) is 7.74. The average Bonchev–Trinajstić information content (AvgIpc) is 2.58. The molecule has 0 radical (unpaired) electrons. The number of benzene rings is 1. The van der Waals surface area contributed by atoms with E-state index < -0.39 is 11.6 Å². The predicted octanol–water partition coefficient (Wildman–Crippen LogP) is 3.26. The van der Waals surface area contributed by atoms with Crippen LogP contribution in [0.3, 0.4) is 0 Å². The Kier molecular flexibility index (Phi) is 8.38. The van der Waals surface area contributed by atoms with Gasteiger partial charge >= 0.3 is 12.1 Å². The summed E-state index contributed by atoms with van der Waals surface area (Å²) in [6.07, 6.45) is -0.387. The fourth-order valence-corrected chi connectivity index (χ4v) is 2.11. The second-order valence-corrected chi connectivity index (χ2v) is 6.80. The molecule has 0 saturated carbocycles. The monoisotopic (exact) mass is 384 g/mol. The second-order valence-electron chi connectivity index (χ2n) is 6.65. The van der Waals surface area contributed by atoms with E-state index in [9.17, 15) is 14.4 Å². The van der Waals surface area contributed by atoms with E-state index in [1.807, 2.05) is 27.7 Å². The molecule has 0 aliphatic heterocycles. The summed E-state index contributed by atoms with van der Waals surface area (Å²) in [5, 5.41) is 2.60. The van der Waals surface area contributed by atoms with Gasteiger partial charge in [-0.05, 0) is 45.4 Å². The highest BCUT2D eigenvalue weighted by molar-refractivity contribution is 6.13. The highest BCUT2D eigenvalue weighted by Gasteiger charge is 2.21. The van der Waals surface area contributed by atoms with Gasteiger partial charge in [-0.25, -0.2) is 4.79 Å². The van der Waals surface area contributed by atoms with Gasteiger partial charge in [0.15, 0.2) is 0 Å². The van der Waals surface area contributed by atoms with Gasteiger partial charge < -0.3 is 19.2 Å². The Morgan fingerprint density at radius 2 is 1.77 bits per heavy atom. The van der Waals surface area contributed by atoms with E-state index in [0.717, 1.165) is 5.56 Å². The topological polar surface area (TPSA) is 84.9 Å². The van der Waals surface area contributed by atoms with Crippen molar-refractivity contribution in [1.82, 2.24) is 10.2 Å². The molecular formula is C18H25ClN2O5. The highest BCUT2D eigenvalue weighted by atomic mass is 35.5. The lowest BCUT2D eigenvalue weighted by molar-refractivity contribution is -0.133. The molecule has 0 aliphatic rings. The molecule has 1 aromatic rings. The smallest absolute Gasteiger partial charge is 0.410 e. The lowest BCUT2D eigenvalue weighted by Crippen LogP contribution is -2.36. The maximum absolute atomic E-state index is 12.2. The first-order valence-corrected chi connectivity index (χ1v) is 8.63. The van der Waals surface area contributed by atoms with E-state index in [0.29, 0.717) is 18.7 Å². The summed E-state index contributed by atoms with van der Waals surface area (Å²) in [6, 6.07) is 6.87. The zero-order chi connectivity index (χ0) is 19.7. The third-order valence-electron chi connectivity index (χ3n) is 3.32. The van der Waals surface area contributed by atoms with Crippen molar-refractivity contribution in [2.45, 2.75) is 46.3 Å². The van der Waals surface area contributed by atoms with Gasteiger partial charge in [0, 0.05) is 25.2 Å². The Bertz CT molecular complexity index is 625. The van der Waals surface area contributed by atoms with Crippen molar-refractivity contribution in [1.29, 1.82) is 0 Å². The van der Waals surface area contributed by atoms with E-state index >= 15 is 0 Å². The first-order chi connectivity index (χ1) is 12.2. The van der Waals surface area contributed by atoms with E-state index in [1.54, 1.807) is 29.2 Å². The number of hydrogen-bond acceptors (Lipinski definition) is 5. The van der Waals surface area contributed by atoms with Crippen LogP contribution in [0.1, 0.15) is 50.0 Å². The largest absolute Gasteiger partial charge is 0.444 e. The summed E-state index contributed by atoms with van der Waals surface area (Å²) in [4.78, 5) is 36.6. The van der Waals surface area contributed by atoms with Crippen LogP contribution in [0, 0.1) is 0 Å². The molecular weight excluding hydrogens is 360 g/mol. The Hall–Kier alpha value is -2.28. The van der Waals surface area contributed by atoms with Crippen molar-refractivity contribution >= 4 is 29.8 Å². The van der Waals surface area contributed by atoms with Gasteiger partial charge in [-0.3, -0.25) is 9.59 Å². The molecule has 0 aliphatic carbocycles. The van der Waals surface area contributed by atoms with Gasteiger partial charge in [0.1, 0.15) is 17.5 Å². The Morgan fingerprint density at radius 3 is 2.27 bits per heavy atom. The average molecular weight is 385 g/mol. The third-order valence-corrected chi connectivity index (χ3v) is 3.50. The molecule has 0 saturated heterocycles. The predicted molar refractivity (Wildman–Crippen MR) is 97.7 cm³/mol. The van der Waals surface area contributed by atoms with Crippen LogP contribution in [0.25, 0.3) is 0 Å². The molecule has 0 heterocycles. The quantitative estimate of drug-likeness (QED) is 0.779. The van der Waals surface area contributed by atoms with Crippen LogP contribution < -0.4 is 5.32 Å². The molecule has 0 atom stereocenters. The number of nitrogens with one attached hydrogen (secondary N) is 1. The molecule has 0 bridgehead atoms. The van der Waals surface area contributed by atoms with Crippen LogP contribution in [0.4, 0.5) is 4.79 Å². The number of carbonyl (C=O) groups excluding carboxylic acids is 3. The molecule has 1 N–H and O–H groups in total. The Balaban J connectivity index is 2.61. The number of nitrogens with zero attached hydrogens (tertiary/aromatic N) is 1. The van der Waals surface area contributed by atoms with Crippen LogP contribution in [-0.2, 0) is 20.4 Å². The van der Waals surface area contributed by atoms with Crippen molar-refractivity contribution < 1.29 is 23.4 Å². The number of carbonyl (C=O) groups is 3. The Labute approximate surface area is 158 Å². The summed E-state index contributed by atoms with van der Waals surface area (Å²) in [7, 11) is 0. The van der Waals surface area contributed by atoms with Crippen molar-refractivity contribution in [3.63, 3.8) is 0 Å². The molecule has 26 heavy (non-hydrogen) atoms. The first kappa shape index (κ1) is 21.8. The minimum absolute atomic E-state index is 0.00529. The molecule has 7 nitrogen and oxygen atoms in total. The zero-order valence-corrected chi connectivity index (χ0v) is 16.3. The van der Waals surface area contributed by atoms with Gasteiger partial charge in [0.25, 0.3) is 5.91 Å². The molecule has 1 aromatic carbocycles. The number of halogens is 1. The number of ether oxygens (including phenoxy) is 1. The zero-order valence-electron chi connectivity index (χ0n) is 15.5. The van der Waals surface area contributed by atoms with Crippen molar-refractivity contribution in [2.75, 3.05) is 13.1 Å². The first-order valence-electron chi connectivity index (χ1n) is 8.32. The molecule has 0 spiro atoms. The summed E-state index contributed by atoms with van der Waals surface area (Å²) in [5.74, 6) is -0.914. The van der Waals surface area contributed by atoms with Gasteiger partial charge in [-0.1, -0.05) is 12.1 Å². The van der Waals surface area contributed by atoms with Crippen molar-refractivity contribution in [2.24, 2.45) is 0 Å². The van der Waals surface area contributed by atoms with Gasteiger partial charge in [-0.2, -0.15) is 0 Å². The van der Waals surface area contributed by atoms with E-state index in [1.165, 1.54) is 0 Å². The molecule has 0 fully saturated rings. The normalized spacial score (nSPS) is 10.8. The molecule has 0 aromatic heterocycles. The van der Waals surface area contributed by atoms with Gasteiger partial charge in [-0.15, -0.1) is 0 Å². The molecule has 0 unspecified atom stereocenters. The molecule has 144 valence electrons. The minimum Gasteiger partial charge on any atom is -0.444 e. The van der Waals surface area contributed by atoms with Crippen LogP contribution in [-0.4, -0.2) is 41.6 Å². The van der Waals surface area contributed by atoms with E-state index in [4.69, 9.17) is 16.6 Å². The number of amides is 2. The summed E-state index contributed by atoms with van der Waals surface area (Å²) in [5.41, 5.74) is 0.774. The van der Waals surface area contributed by atoms with E-state index in [-0.39, 0.29) is 25.0 Å². The van der Waals surface area contributed by atoms with Crippen molar-refractivity contribution in [3.05, 3.63) is 35.4 Å². The Morgan fingerprint density at radius 1 is 1.15 bits per heavy atom. The minimum atomic E-state index is -0.607. The molecule has 8 heteroatoms. The second kappa shape index (κ2) is 10.0. The molecule has 2 amide bonds. The lowest BCUT2D eigenvalue weighted by atomic mass is 10.1. The van der Waals surface area contributed by atoms with Crippen molar-refractivity contribution in [3.8, 4) is 0 Å². The van der Waals surface area contributed by atoms with Crippen LogP contribution >= 0.6 is 11.9 Å². The van der Waals surface area contributed by atoms with Gasteiger partial charge in [0.05, 0.1) is 6.42 Å². The van der Waals surface area contributed by atoms with Gasteiger partial charge in [0.2, 0.25) is 0 Å². The molecule has 1 rings (SSSR count). The van der Waals surface area contributed by atoms with E-state index in [2.05, 4.69) is 9.61 Å².